The summed E-state index contributed by atoms with van der Waals surface area (Å²) in [6.07, 6.45) is 2.07. The quantitative estimate of drug-likeness (QED) is 0.645. The summed E-state index contributed by atoms with van der Waals surface area (Å²) < 4.78 is 5.29. The highest BCUT2D eigenvalue weighted by Gasteiger charge is 2.34. The second-order valence-corrected chi connectivity index (χ2v) is 4.62. The number of urea groups is 1. The average molecular weight is 260 g/mol. The molecule has 6 heteroatoms. The topological polar surface area (TPSA) is 78.9 Å². The Bertz CT molecular complexity index is 279. The van der Waals surface area contributed by atoms with Gasteiger partial charge in [-0.25, -0.2) is 9.59 Å². The molecule has 0 unspecified atom stereocenters. The van der Waals surface area contributed by atoms with Crippen molar-refractivity contribution in [2.45, 2.75) is 39.2 Å². The van der Waals surface area contributed by atoms with Crippen molar-refractivity contribution in [1.29, 1.82) is 0 Å². The molecular formula is C12H24N2O4. The first-order valence-corrected chi connectivity index (χ1v) is 6.16. The number of nitrogens with zero attached hydrogens (tertiary/aromatic N) is 1. The van der Waals surface area contributed by atoms with E-state index in [1.54, 1.807) is 0 Å². The molecule has 0 aliphatic rings. The fourth-order valence-electron chi connectivity index (χ4n) is 1.09. The van der Waals surface area contributed by atoms with Crippen LogP contribution in [-0.2, 0) is 9.53 Å². The molecule has 0 aromatic heterocycles. The number of nitrogens with one attached hydrogen (secondary N) is 1. The molecule has 106 valence electrons. The van der Waals surface area contributed by atoms with Gasteiger partial charge in [-0.2, -0.15) is 0 Å². The Morgan fingerprint density at radius 1 is 1.33 bits per heavy atom. The van der Waals surface area contributed by atoms with Gasteiger partial charge in [-0.1, -0.05) is 13.3 Å². The van der Waals surface area contributed by atoms with E-state index >= 15 is 0 Å². The van der Waals surface area contributed by atoms with Gasteiger partial charge in [-0.15, -0.1) is 0 Å². The van der Waals surface area contributed by atoms with Crippen LogP contribution in [0.15, 0.2) is 0 Å². The van der Waals surface area contributed by atoms with Crippen molar-refractivity contribution in [1.82, 2.24) is 10.2 Å². The van der Waals surface area contributed by atoms with Crippen molar-refractivity contribution in [2.24, 2.45) is 0 Å². The Morgan fingerprint density at radius 2 is 1.94 bits per heavy atom. The zero-order valence-electron chi connectivity index (χ0n) is 11.7. The Kier molecular flexibility index (Phi) is 7.35. The number of carboxylic acid groups (broad SMARTS) is 1. The summed E-state index contributed by atoms with van der Waals surface area (Å²) in [5.41, 5.74) is -1.23. The third kappa shape index (κ3) is 5.35. The van der Waals surface area contributed by atoms with E-state index in [0.717, 1.165) is 12.8 Å². The number of hydrogen-bond acceptors (Lipinski definition) is 3. The molecule has 0 fully saturated rings. The molecule has 0 radical (unpaired) electrons. The van der Waals surface area contributed by atoms with E-state index in [2.05, 4.69) is 12.2 Å². The Labute approximate surface area is 108 Å². The lowest BCUT2D eigenvalue weighted by atomic mass is 10.1. The average Bonchev–Trinajstić information content (AvgIpc) is 2.32. The standard InChI is InChI=1S/C12H24N2O4/c1-5-6-8-18-9-7-13-11(17)14(4)12(2,3)10(15)16/h5-9H2,1-4H3,(H,13,17)(H,15,16). The summed E-state index contributed by atoms with van der Waals surface area (Å²) in [6.45, 7) is 6.53. The molecule has 0 aliphatic heterocycles. The van der Waals surface area contributed by atoms with Crippen LogP contribution in [0.1, 0.15) is 33.6 Å². The molecule has 0 saturated carbocycles. The van der Waals surface area contributed by atoms with Crippen molar-refractivity contribution >= 4 is 12.0 Å². The van der Waals surface area contributed by atoms with Crippen LogP contribution < -0.4 is 5.32 Å². The van der Waals surface area contributed by atoms with E-state index in [1.807, 2.05) is 0 Å². The Morgan fingerprint density at radius 3 is 2.44 bits per heavy atom. The highest BCUT2D eigenvalue weighted by molar-refractivity contribution is 5.85. The minimum Gasteiger partial charge on any atom is -0.480 e. The number of ether oxygens (including phenoxy) is 1. The number of rotatable bonds is 8. The van der Waals surface area contributed by atoms with E-state index in [1.165, 1.54) is 25.8 Å². The zero-order chi connectivity index (χ0) is 14.2. The fourth-order valence-corrected chi connectivity index (χ4v) is 1.09. The van der Waals surface area contributed by atoms with E-state index in [9.17, 15) is 9.59 Å². The Balaban J connectivity index is 3.92. The molecular weight excluding hydrogens is 236 g/mol. The summed E-state index contributed by atoms with van der Waals surface area (Å²) in [6, 6.07) is -0.415. The van der Waals surface area contributed by atoms with Crippen LogP contribution in [0.3, 0.4) is 0 Å². The predicted molar refractivity (Wildman–Crippen MR) is 68.6 cm³/mol. The van der Waals surface area contributed by atoms with Crippen LogP contribution >= 0.6 is 0 Å². The molecule has 2 N–H and O–H groups in total. The largest absolute Gasteiger partial charge is 0.480 e. The normalized spacial score (nSPS) is 11.1. The number of aliphatic carboxylic acids is 1. The molecule has 0 bridgehead atoms. The molecule has 0 heterocycles. The Hall–Kier alpha value is -1.30. The van der Waals surface area contributed by atoms with Crippen LogP contribution in [0.4, 0.5) is 4.79 Å². The third-order valence-corrected chi connectivity index (χ3v) is 2.83. The molecule has 6 nitrogen and oxygen atoms in total. The number of amides is 2. The molecule has 0 spiro atoms. The maximum atomic E-state index is 11.7. The summed E-state index contributed by atoms with van der Waals surface area (Å²) in [4.78, 5) is 23.8. The first kappa shape index (κ1) is 16.7. The van der Waals surface area contributed by atoms with E-state index in [0.29, 0.717) is 19.8 Å². The van der Waals surface area contributed by atoms with Gasteiger partial charge < -0.3 is 20.1 Å². The number of likely N-dealkylation sites (N-methyl/N-ethyl adjacent to an activating group) is 1. The first-order valence-electron chi connectivity index (χ1n) is 6.16. The molecule has 2 amide bonds. The summed E-state index contributed by atoms with van der Waals surface area (Å²) >= 11 is 0. The molecule has 0 saturated heterocycles. The van der Waals surface area contributed by atoms with Gasteiger partial charge in [0, 0.05) is 20.2 Å². The van der Waals surface area contributed by atoms with Crippen LogP contribution in [0.25, 0.3) is 0 Å². The van der Waals surface area contributed by atoms with Gasteiger partial charge in [0.2, 0.25) is 0 Å². The third-order valence-electron chi connectivity index (χ3n) is 2.83. The smallest absolute Gasteiger partial charge is 0.329 e. The van der Waals surface area contributed by atoms with Crippen molar-refractivity contribution < 1.29 is 19.4 Å². The highest BCUT2D eigenvalue weighted by Crippen LogP contribution is 2.11. The zero-order valence-corrected chi connectivity index (χ0v) is 11.7. The van der Waals surface area contributed by atoms with Crippen molar-refractivity contribution in [3.8, 4) is 0 Å². The summed E-state index contributed by atoms with van der Waals surface area (Å²) in [7, 11) is 1.46. The van der Waals surface area contributed by atoms with Crippen LogP contribution in [0.2, 0.25) is 0 Å². The number of hydrogen-bond donors (Lipinski definition) is 2. The number of carboxylic acids is 1. The number of unbranched alkanes of at least 4 members (excludes halogenated alkanes) is 1. The second kappa shape index (κ2) is 7.92. The summed E-state index contributed by atoms with van der Waals surface area (Å²) in [5, 5.41) is 11.6. The monoisotopic (exact) mass is 260 g/mol. The van der Waals surface area contributed by atoms with Crippen molar-refractivity contribution in [2.75, 3.05) is 26.8 Å². The number of carbonyl (C=O) groups excluding carboxylic acids is 1. The van der Waals surface area contributed by atoms with E-state index in [4.69, 9.17) is 9.84 Å². The van der Waals surface area contributed by atoms with Gasteiger partial charge in [0.1, 0.15) is 5.54 Å². The first-order chi connectivity index (χ1) is 8.34. The molecule has 0 aliphatic carbocycles. The minimum absolute atomic E-state index is 0.378. The van der Waals surface area contributed by atoms with Crippen LogP contribution in [-0.4, -0.2) is 54.4 Å². The maximum Gasteiger partial charge on any atom is 0.329 e. The van der Waals surface area contributed by atoms with Crippen LogP contribution in [0.5, 0.6) is 0 Å². The van der Waals surface area contributed by atoms with Gasteiger partial charge in [0.25, 0.3) is 0 Å². The molecule has 0 aromatic carbocycles. The van der Waals surface area contributed by atoms with Crippen molar-refractivity contribution in [3.05, 3.63) is 0 Å². The van der Waals surface area contributed by atoms with E-state index < -0.39 is 17.5 Å². The number of carbonyl (C=O) groups is 2. The minimum atomic E-state index is -1.23. The van der Waals surface area contributed by atoms with E-state index in [-0.39, 0.29) is 0 Å². The van der Waals surface area contributed by atoms with Gasteiger partial charge in [0.05, 0.1) is 6.61 Å². The SMILES string of the molecule is CCCCOCCNC(=O)N(C)C(C)(C)C(=O)O. The molecule has 0 rings (SSSR count). The fraction of sp³-hybridized carbons (Fsp3) is 0.833. The second-order valence-electron chi connectivity index (χ2n) is 4.62. The summed E-state index contributed by atoms with van der Waals surface area (Å²) in [5.74, 6) is -1.04. The van der Waals surface area contributed by atoms with Gasteiger partial charge in [-0.05, 0) is 20.3 Å². The van der Waals surface area contributed by atoms with Crippen LogP contribution in [0, 0.1) is 0 Å². The predicted octanol–water partition coefficient (Wildman–Crippen LogP) is 1.31. The molecule has 18 heavy (non-hydrogen) atoms. The molecule has 0 atom stereocenters. The molecule has 0 aromatic rings. The van der Waals surface area contributed by atoms with Gasteiger partial charge >= 0.3 is 12.0 Å². The lowest BCUT2D eigenvalue weighted by molar-refractivity contribution is -0.146. The maximum absolute atomic E-state index is 11.7. The highest BCUT2D eigenvalue weighted by atomic mass is 16.5. The van der Waals surface area contributed by atoms with Gasteiger partial charge in [-0.3, -0.25) is 0 Å². The lowest BCUT2D eigenvalue weighted by Crippen LogP contribution is -2.54. The van der Waals surface area contributed by atoms with Crippen molar-refractivity contribution in [3.63, 3.8) is 0 Å². The van der Waals surface area contributed by atoms with Gasteiger partial charge in [0.15, 0.2) is 0 Å². The lowest BCUT2D eigenvalue weighted by Gasteiger charge is -2.31.